The number of fused-ring (bicyclic) bond motifs is 1. The monoisotopic (exact) mass is 527 g/mol. The number of carboxylic acids is 1. The quantitative estimate of drug-likeness (QED) is 0.365. The Kier molecular flexibility index (Phi) is 6.06. The largest absolute Gasteiger partial charge is 0.516 e. The molecular weight excluding hydrogens is 511 g/mol. The molecule has 2 aromatic heterocycles. The smallest absolute Gasteiger partial charge is 0.478 e. The minimum atomic E-state index is -5.64. The fraction of sp³-hybridized carbons (Fsp3) is 0.150. The number of nitrogens with zero attached hydrogens (tertiary/aromatic N) is 2. The number of nitrogens with one attached hydrogen (secondary N) is 2. The lowest BCUT2D eigenvalue weighted by atomic mass is 10.0. The molecule has 0 radical (unpaired) electrons. The highest BCUT2D eigenvalue weighted by Crippen LogP contribution is 2.47. The highest BCUT2D eigenvalue weighted by molar-refractivity contribution is 7.93. The second kappa shape index (κ2) is 8.74. The van der Waals surface area contributed by atoms with E-state index in [0.717, 1.165) is 12.1 Å². The van der Waals surface area contributed by atoms with Crippen LogP contribution in [0.15, 0.2) is 53.4 Å². The van der Waals surface area contributed by atoms with Crippen LogP contribution in [-0.4, -0.2) is 35.9 Å². The van der Waals surface area contributed by atoms with Crippen molar-refractivity contribution in [1.29, 1.82) is 0 Å². The van der Waals surface area contributed by atoms with Crippen molar-refractivity contribution >= 4 is 50.4 Å². The van der Waals surface area contributed by atoms with E-state index in [-0.39, 0.29) is 22.6 Å². The van der Waals surface area contributed by atoms with Gasteiger partial charge in [-0.05, 0) is 40.6 Å². The van der Waals surface area contributed by atoms with Gasteiger partial charge in [0.05, 0.1) is 11.3 Å². The Morgan fingerprint density at radius 1 is 1.20 bits per heavy atom. The van der Waals surface area contributed by atoms with Gasteiger partial charge in [0.25, 0.3) is 0 Å². The molecule has 35 heavy (non-hydrogen) atoms. The van der Waals surface area contributed by atoms with Gasteiger partial charge in [-0.25, -0.2) is 9.78 Å². The predicted octanol–water partition coefficient (Wildman–Crippen LogP) is 3.26. The lowest BCUT2D eigenvalue weighted by Gasteiger charge is -2.33. The van der Waals surface area contributed by atoms with Crippen LogP contribution < -0.4 is 20.7 Å². The van der Waals surface area contributed by atoms with Gasteiger partial charge in [0, 0.05) is 17.4 Å². The number of hydrogen-bond donors (Lipinski definition) is 4. The summed E-state index contributed by atoms with van der Waals surface area (Å²) in [7, 11) is -5.64. The van der Waals surface area contributed by atoms with E-state index in [1.54, 1.807) is 16.8 Å². The summed E-state index contributed by atoms with van der Waals surface area (Å²) in [4.78, 5) is 30.2. The van der Waals surface area contributed by atoms with E-state index in [9.17, 15) is 36.3 Å². The number of alkyl halides is 3. The molecule has 3 aromatic rings. The molecule has 0 bridgehead atoms. The standard InChI is InChI=1S/C20H16F3N5O5S2/c21-20(22,23)35(32,33)27-12-3-1-10(2-4-12)14(16(24)29)28-15-13(19(30)31)5-7-25-17(15)26-18(28)11-6-8-34-9-11/h1-9,14,18,27H,(H2,24,29)(H,25,26)(H,30,31). The van der Waals surface area contributed by atoms with Gasteiger partial charge in [-0.15, -0.1) is 0 Å². The molecule has 4 rings (SSSR count). The van der Waals surface area contributed by atoms with Gasteiger partial charge in [-0.1, -0.05) is 12.1 Å². The zero-order valence-corrected chi connectivity index (χ0v) is 19.0. The number of benzene rings is 1. The molecule has 1 aliphatic rings. The maximum atomic E-state index is 12.7. The molecule has 0 saturated heterocycles. The number of carboxylic acid groups (broad SMARTS) is 1. The number of pyridine rings is 1. The minimum absolute atomic E-state index is 0.0989. The van der Waals surface area contributed by atoms with Crippen molar-refractivity contribution in [1.82, 2.24) is 4.98 Å². The number of carbonyl (C=O) groups is 2. The molecule has 3 heterocycles. The number of sulfonamides is 1. The minimum Gasteiger partial charge on any atom is -0.478 e. The van der Waals surface area contributed by atoms with Crippen LogP contribution in [0.25, 0.3) is 0 Å². The Morgan fingerprint density at radius 3 is 2.43 bits per heavy atom. The Bertz CT molecular complexity index is 1380. The Labute approximate surface area is 200 Å². The number of primary amides is 1. The molecule has 5 N–H and O–H groups in total. The molecule has 15 heteroatoms. The molecule has 1 amide bonds. The van der Waals surface area contributed by atoms with Crippen LogP contribution in [0.2, 0.25) is 0 Å². The number of halogens is 3. The highest BCUT2D eigenvalue weighted by atomic mass is 32.2. The van der Waals surface area contributed by atoms with E-state index in [1.807, 2.05) is 0 Å². The van der Waals surface area contributed by atoms with Crippen molar-refractivity contribution in [2.45, 2.75) is 17.7 Å². The fourth-order valence-corrected chi connectivity index (χ4v) is 4.92. The average molecular weight is 528 g/mol. The zero-order chi connectivity index (χ0) is 25.5. The summed E-state index contributed by atoms with van der Waals surface area (Å²) < 4.78 is 62.2. The van der Waals surface area contributed by atoms with Gasteiger partial charge >= 0.3 is 21.5 Å². The van der Waals surface area contributed by atoms with E-state index >= 15 is 0 Å². The third kappa shape index (κ3) is 4.46. The summed E-state index contributed by atoms with van der Waals surface area (Å²) in [5, 5.41) is 16.4. The van der Waals surface area contributed by atoms with Crippen LogP contribution in [0, 0.1) is 0 Å². The van der Waals surface area contributed by atoms with Crippen LogP contribution in [0.3, 0.4) is 0 Å². The number of aromatic nitrogens is 1. The maximum Gasteiger partial charge on any atom is 0.516 e. The molecule has 0 saturated carbocycles. The predicted molar refractivity (Wildman–Crippen MR) is 121 cm³/mol. The van der Waals surface area contributed by atoms with Gasteiger partial charge in [-0.3, -0.25) is 9.52 Å². The maximum absolute atomic E-state index is 12.7. The molecule has 2 atom stereocenters. The first-order valence-corrected chi connectivity index (χ1v) is 12.1. The van der Waals surface area contributed by atoms with Gasteiger partial charge in [-0.2, -0.15) is 32.9 Å². The first-order valence-electron chi connectivity index (χ1n) is 9.68. The molecule has 1 aromatic carbocycles. The molecule has 0 aliphatic carbocycles. The molecule has 0 fully saturated rings. The molecule has 184 valence electrons. The highest BCUT2D eigenvalue weighted by Gasteiger charge is 2.46. The second-order valence-electron chi connectivity index (χ2n) is 7.35. The second-order valence-corrected chi connectivity index (χ2v) is 9.80. The summed E-state index contributed by atoms with van der Waals surface area (Å²) in [6, 6.07) is 6.27. The SMILES string of the molecule is NC(=O)C(c1ccc(NS(=O)(=O)C(F)(F)F)cc1)N1c2c(C(=O)O)ccnc2NC1c1ccsc1. The number of thiophene rings is 1. The third-order valence-corrected chi connectivity index (χ3v) is 6.97. The van der Waals surface area contributed by atoms with Crippen molar-refractivity contribution in [3.8, 4) is 0 Å². The van der Waals surface area contributed by atoms with Crippen molar-refractivity contribution in [3.05, 3.63) is 70.0 Å². The number of rotatable bonds is 7. The van der Waals surface area contributed by atoms with Gasteiger partial charge < -0.3 is 21.1 Å². The van der Waals surface area contributed by atoms with Crippen LogP contribution in [0.1, 0.15) is 33.7 Å². The van der Waals surface area contributed by atoms with Crippen molar-refractivity contribution < 1.29 is 36.3 Å². The van der Waals surface area contributed by atoms with Crippen LogP contribution in [0.4, 0.5) is 30.4 Å². The van der Waals surface area contributed by atoms with E-state index in [0.29, 0.717) is 5.56 Å². The van der Waals surface area contributed by atoms with Gasteiger partial charge in [0.15, 0.2) is 5.82 Å². The Morgan fingerprint density at radius 2 is 1.89 bits per heavy atom. The number of carbonyl (C=O) groups excluding carboxylic acids is 1. The van der Waals surface area contributed by atoms with Gasteiger partial charge in [0.2, 0.25) is 5.91 Å². The van der Waals surface area contributed by atoms with Crippen molar-refractivity contribution in [3.63, 3.8) is 0 Å². The topological polar surface area (TPSA) is 155 Å². The first kappa shape index (κ1) is 24.3. The fourth-order valence-electron chi connectivity index (χ4n) is 3.68. The first-order chi connectivity index (χ1) is 16.4. The normalized spacial score (nSPS) is 16.3. The van der Waals surface area contributed by atoms with E-state index in [1.165, 1.54) is 45.4 Å². The van der Waals surface area contributed by atoms with E-state index < -0.39 is 45.3 Å². The molecule has 10 nitrogen and oxygen atoms in total. The summed E-state index contributed by atoms with van der Waals surface area (Å²) in [5.74, 6) is -1.97. The number of anilines is 3. The summed E-state index contributed by atoms with van der Waals surface area (Å²) in [6.07, 6.45) is 0.551. The molecule has 1 aliphatic heterocycles. The third-order valence-electron chi connectivity index (χ3n) is 5.15. The number of nitrogens with two attached hydrogens (primary N) is 1. The summed E-state index contributed by atoms with van der Waals surface area (Å²) in [5.41, 5.74) is 0.620. The molecule has 0 spiro atoms. The molecular formula is C20H16F3N5O5S2. The summed E-state index contributed by atoms with van der Waals surface area (Å²) in [6.45, 7) is 0. The van der Waals surface area contributed by atoms with Crippen molar-refractivity contribution in [2.75, 3.05) is 14.9 Å². The van der Waals surface area contributed by atoms with Crippen molar-refractivity contribution in [2.24, 2.45) is 5.73 Å². The number of amides is 1. The number of aromatic carboxylic acids is 1. The van der Waals surface area contributed by atoms with Crippen LogP contribution >= 0.6 is 11.3 Å². The van der Waals surface area contributed by atoms with E-state index in [2.05, 4.69) is 10.3 Å². The number of hydrogen-bond acceptors (Lipinski definition) is 8. The average Bonchev–Trinajstić information content (AvgIpc) is 3.42. The zero-order valence-electron chi connectivity index (χ0n) is 17.4. The Balaban J connectivity index is 1.79. The van der Waals surface area contributed by atoms with Gasteiger partial charge in [0.1, 0.15) is 12.2 Å². The summed E-state index contributed by atoms with van der Waals surface area (Å²) >= 11 is 1.37. The molecule has 2 unspecified atom stereocenters. The Hall–Kier alpha value is -3.85. The lowest BCUT2D eigenvalue weighted by Crippen LogP contribution is -2.40. The van der Waals surface area contributed by atoms with E-state index in [4.69, 9.17) is 5.73 Å². The lowest BCUT2D eigenvalue weighted by molar-refractivity contribution is -0.119. The van der Waals surface area contributed by atoms with Crippen LogP contribution in [0.5, 0.6) is 0 Å². The van der Waals surface area contributed by atoms with Crippen LogP contribution in [-0.2, 0) is 14.8 Å².